The molecule has 0 aliphatic rings. The Morgan fingerprint density at radius 3 is 1.35 bits per heavy atom. The minimum atomic E-state index is -0.244. The van der Waals surface area contributed by atoms with Gasteiger partial charge >= 0.3 is 11.9 Å². The van der Waals surface area contributed by atoms with Gasteiger partial charge in [-0.1, -0.05) is 63.1 Å². The van der Waals surface area contributed by atoms with Crippen LogP contribution in [0.5, 0.6) is 11.5 Å². The highest BCUT2D eigenvalue weighted by Crippen LogP contribution is 2.43. The maximum Gasteiger partial charge on any atom is 0.308 e. The van der Waals surface area contributed by atoms with E-state index in [1.165, 1.54) is 0 Å². The van der Waals surface area contributed by atoms with Gasteiger partial charge in [-0.2, -0.15) is 0 Å². The molecule has 6 nitrogen and oxygen atoms in total. The van der Waals surface area contributed by atoms with Gasteiger partial charge in [-0.3, -0.25) is 9.59 Å². The topological polar surface area (TPSA) is 71.1 Å². The van der Waals surface area contributed by atoms with Gasteiger partial charge in [0.05, 0.1) is 11.8 Å². The lowest BCUT2D eigenvalue weighted by atomic mass is 9.98. The minimum absolute atomic E-state index is 0.177. The summed E-state index contributed by atoms with van der Waals surface area (Å²) in [5.74, 6) is 0.617. The highest BCUT2D eigenvalue weighted by molar-refractivity contribution is 6.11. The first-order valence-corrected chi connectivity index (χ1v) is 11.7. The Morgan fingerprint density at radius 1 is 0.618 bits per heavy atom. The van der Waals surface area contributed by atoms with Crippen molar-refractivity contribution < 1.29 is 28.5 Å². The van der Waals surface area contributed by atoms with Crippen LogP contribution in [0.15, 0.2) is 36.4 Å². The molecule has 0 aliphatic heterocycles. The molecular weight excluding hydrogens is 432 g/mol. The number of carbonyl (C=O) groups excluding carboxylic acids is 2. The number of ether oxygens (including phenoxy) is 4. The molecule has 0 heterocycles. The van der Waals surface area contributed by atoms with Gasteiger partial charge in [-0.05, 0) is 26.0 Å². The standard InChI is InChI=1S/C28H34O6/c1-17(2)27(29)33-13-11-31-25-21-9-7-20(6)16-24(21)26(22-10-8-19(5)15-23(22)25)32-12-14-34-28(30)18(3)4/h7-10,15-18H,11-14H2,1-6H3. The van der Waals surface area contributed by atoms with E-state index >= 15 is 0 Å². The summed E-state index contributed by atoms with van der Waals surface area (Å²) in [6, 6.07) is 12.2. The van der Waals surface area contributed by atoms with Gasteiger partial charge in [0.25, 0.3) is 0 Å². The summed E-state index contributed by atoms with van der Waals surface area (Å²) in [6.07, 6.45) is 0. The summed E-state index contributed by atoms with van der Waals surface area (Å²) in [5.41, 5.74) is 2.18. The number of fused-ring (bicyclic) bond motifs is 2. The van der Waals surface area contributed by atoms with Crippen LogP contribution in [0.4, 0.5) is 0 Å². The third-order valence-corrected chi connectivity index (χ3v) is 5.42. The van der Waals surface area contributed by atoms with Crippen molar-refractivity contribution in [1.29, 1.82) is 0 Å². The summed E-state index contributed by atoms with van der Waals surface area (Å²) in [7, 11) is 0. The van der Waals surface area contributed by atoms with E-state index in [4.69, 9.17) is 18.9 Å². The highest BCUT2D eigenvalue weighted by atomic mass is 16.6. The molecule has 182 valence electrons. The second-order valence-electron chi connectivity index (χ2n) is 9.10. The van der Waals surface area contributed by atoms with Gasteiger partial charge in [-0.15, -0.1) is 0 Å². The Hall–Kier alpha value is -3.28. The van der Waals surface area contributed by atoms with Crippen LogP contribution in [0.25, 0.3) is 21.5 Å². The lowest BCUT2D eigenvalue weighted by molar-refractivity contribution is -0.148. The fourth-order valence-corrected chi connectivity index (χ4v) is 3.59. The van der Waals surface area contributed by atoms with Crippen molar-refractivity contribution in [1.82, 2.24) is 0 Å². The molecule has 0 bridgehead atoms. The number of hydrogen-bond acceptors (Lipinski definition) is 6. The zero-order chi connectivity index (χ0) is 24.8. The SMILES string of the molecule is Cc1ccc2c(OCCOC(=O)C(C)C)c3cc(C)ccc3c(OCCOC(=O)C(C)C)c2c1. The Balaban J connectivity index is 1.95. The van der Waals surface area contributed by atoms with Crippen molar-refractivity contribution in [2.45, 2.75) is 41.5 Å². The summed E-state index contributed by atoms with van der Waals surface area (Å²) in [6.45, 7) is 12.1. The van der Waals surface area contributed by atoms with Gasteiger partial charge in [0.2, 0.25) is 0 Å². The molecule has 0 N–H and O–H groups in total. The van der Waals surface area contributed by atoms with Crippen molar-refractivity contribution in [3.05, 3.63) is 47.5 Å². The van der Waals surface area contributed by atoms with Crippen LogP contribution in [-0.4, -0.2) is 38.4 Å². The number of hydrogen-bond donors (Lipinski definition) is 0. The van der Waals surface area contributed by atoms with E-state index in [0.717, 1.165) is 44.2 Å². The summed E-state index contributed by atoms with van der Waals surface area (Å²) in [5, 5.41) is 3.66. The van der Waals surface area contributed by atoms with Crippen molar-refractivity contribution in [2.75, 3.05) is 26.4 Å². The van der Waals surface area contributed by atoms with E-state index in [2.05, 4.69) is 12.1 Å². The predicted octanol–water partition coefficient (Wildman–Crippen LogP) is 5.77. The van der Waals surface area contributed by atoms with Crippen molar-refractivity contribution >= 4 is 33.5 Å². The van der Waals surface area contributed by atoms with Crippen LogP contribution in [0.1, 0.15) is 38.8 Å². The molecule has 3 aromatic carbocycles. The van der Waals surface area contributed by atoms with E-state index in [-0.39, 0.29) is 50.2 Å². The van der Waals surface area contributed by atoms with Gasteiger partial charge in [0.15, 0.2) is 0 Å². The second kappa shape index (κ2) is 11.2. The van der Waals surface area contributed by atoms with Gasteiger partial charge in [-0.25, -0.2) is 0 Å². The maximum absolute atomic E-state index is 11.8. The number of benzene rings is 3. The first-order valence-electron chi connectivity index (χ1n) is 11.7. The van der Waals surface area contributed by atoms with Gasteiger partial charge in [0, 0.05) is 21.5 Å². The molecular formula is C28H34O6. The fourth-order valence-electron chi connectivity index (χ4n) is 3.59. The zero-order valence-corrected chi connectivity index (χ0v) is 20.9. The molecule has 0 radical (unpaired) electrons. The Bertz CT molecular complexity index is 1090. The molecule has 34 heavy (non-hydrogen) atoms. The van der Waals surface area contributed by atoms with Gasteiger partial charge < -0.3 is 18.9 Å². The largest absolute Gasteiger partial charge is 0.489 e. The lowest BCUT2D eigenvalue weighted by Gasteiger charge is -2.19. The van der Waals surface area contributed by atoms with Crippen LogP contribution < -0.4 is 9.47 Å². The van der Waals surface area contributed by atoms with Crippen LogP contribution >= 0.6 is 0 Å². The van der Waals surface area contributed by atoms with Crippen LogP contribution in [0.2, 0.25) is 0 Å². The molecule has 3 rings (SSSR count). The predicted molar refractivity (Wildman–Crippen MR) is 134 cm³/mol. The number of carbonyl (C=O) groups is 2. The van der Waals surface area contributed by atoms with Crippen molar-refractivity contribution in [3.8, 4) is 11.5 Å². The molecule has 0 saturated carbocycles. The monoisotopic (exact) mass is 466 g/mol. The molecule has 0 spiro atoms. The Kier molecular flexibility index (Phi) is 8.37. The quantitative estimate of drug-likeness (QED) is 0.215. The van der Waals surface area contributed by atoms with E-state index < -0.39 is 0 Å². The van der Waals surface area contributed by atoms with E-state index in [1.807, 2.05) is 38.1 Å². The Labute approximate surface area is 201 Å². The van der Waals surface area contributed by atoms with Crippen molar-refractivity contribution in [3.63, 3.8) is 0 Å². The average molecular weight is 467 g/mol. The van der Waals surface area contributed by atoms with E-state index in [9.17, 15) is 9.59 Å². The van der Waals surface area contributed by atoms with Crippen molar-refractivity contribution in [2.24, 2.45) is 11.8 Å². The smallest absolute Gasteiger partial charge is 0.308 e. The second-order valence-corrected chi connectivity index (χ2v) is 9.10. The fraction of sp³-hybridized carbons (Fsp3) is 0.429. The summed E-state index contributed by atoms with van der Waals surface area (Å²) in [4.78, 5) is 23.6. The minimum Gasteiger partial charge on any atom is -0.489 e. The van der Waals surface area contributed by atoms with Gasteiger partial charge in [0.1, 0.15) is 37.9 Å². The first-order chi connectivity index (χ1) is 16.2. The number of aryl methyl sites for hydroxylation is 2. The summed E-state index contributed by atoms with van der Waals surface area (Å²) < 4.78 is 23.0. The molecule has 6 heteroatoms. The molecule has 0 saturated heterocycles. The molecule has 0 aliphatic carbocycles. The lowest BCUT2D eigenvalue weighted by Crippen LogP contribution is -2.17. The van der Waals surface area contributed by atoms with E-state index in [0.29, 0.717) is 0 Å². The third-order valence-electron chi connectivity index (χ3n) is 5.42. The van der Waals surface area contributed by atoms with Crippen LogP contribution in [-0.2, 0) is 19.1 Å². The first kappa shape index (κ1) is 25.3. The average Bonchev–Trinajstić information content (AvgIpc) is 2.79. The molecule has 0 amide bonds. The molecule has 0 atom stereocenters. The normalized spacial score (nSPS) is 11.3. The molecule has 0 aromatic heterocycles. The maximum atomic E-state index is 11.8. The zero-order valence-electron chi connectivity index (χ0n) is 20.9. The molecule has 0 unspecified atom stereocenters. The highest BCUT2D eigenvalue weighted by Gasteiger charge is 2.18. The van der Waals surface area contributed by atoms with Crippen LogP contribution in [0.3, 0.4) is 0 Å². The number of rotatable bonds is 10. The van der Waals surface area contributed by atoms with E-state index in [1.54, 1.807) is 27.7 Å². The third kappa shape index (κ3) is 5.99. The molecule has 3 aromatic rings. The van der Waals surface area contributed by atoms with Crippen LogP contribution in [0, 0.1) is 25.7 Å². The summed E-state index contributed by atoms with van der Waals surface area (Å²) >= 11 is 0. The number of esters is 2. The Morgan fingerprint density at radius 2 is 1.00 bits per heavy atom. The molecule has 0 fully saturated rings.